The van der Waals surface area contributed by atoms with E-state index in [2.05, 4.69) is 33.8 Å². The second-order valence-electron chi connectivity index (χ2n) is 9.99. The Hall–Kier alpha value is -0.260. The summed E-state index contributed by atoms with van der Waals surface area (Å²) in [6.07, 6.45) is 15.9. The van der Waals surface area contributed by atoms with E-state index in [0.29, 0.717) is 16.2 Å². The van der Waals surface area contributed by atoms with Gasteiger partial charge in [0.05, 0.1) is 0 Å². The van der Waals surface area contributed by atoms with Crippen molar-refractivity contribution in [3.8, 4) is 0 Å². The van der Waals surface area contributed by atoms with Crippen LogP contribution in [0.15, 0.2) is 11.6 Å². The lowest BCUT2D eigenvalue weighted by Crippen LogP contribution is -2.54. The van der Waals surface area contributed by atoms with Gasteiger partial charge in [0.2, 0.25) is 0 Å². The second-order valence-corrected chi connectivity index (χ2v) is 9.99. The van der Waals surface area contributed by atoms with Crippen molar-refractivity contribution in [1.29, 1.82) is 0 Å². The molecular formula is C21H34. The van der Waals surface area contributed by atoms with E-state index in [1.165, 1.54) is 57.8 Å². The molecule has 0 aromatic heterocycles. The molecule has 4 aliphatic rings. The number of hydrogen-bond acceptors (Lipinski definition) is 0. The van der Waals surface area contributed by atoms with Crippen LogP contribution in [0.25, 0.3) is 0 Å². The molecule has 0 amide bonds. The highest BCUT2D eigenvalue weighted by Gasteiger charge is 2.58. The van der Waals surface area contributed by atoms with Gasteiger partial charge in [0.15, 0.2) is 0 Å². The summed E-state index contributed by atoms with van der Waals surface area (Å²) in [6, 6.07) is 0. The first-order valence-electron chi connectivity index (χ1n) is 9.57. The van der Waals surface area contributed by atoms with E-state index in [-0.39, 0.29) is 0 Å². The molecular weight excluding hydrogens is 252 g/mol. The molecule has 0 heterocycles. The standard InChI is InChI=1S/C21H34/c1-19(2)11-6-13-21(4)17-10-14-20(3)12-5-7-16(20)15(17)8-9-18(19)21/h7,15,17-18H,5-6,8-14H2,1-4H3/t15-,17+,18?,20-,21+/m0/s1. The van der Waals surface area contributed by atoms with Crippen molar-refractivity contribution in [2.75, 3.05) is 0 Å². The van der Waals surface area contributed by atoms with Crippen molar-refractivity contribution in [2.24, 2.45) is 34.0 Å². The molecule has 21 heavy (non-hydrogen) atoms. The van der Waals surface area contributed by atoms with Gasteiger partial charge in [-0.25, -0.2) is 0 Å². The van der Waals surface area contributed by atoms with E-state index >= 15 is 0 Å². The van der Waals surface area contributed by atoms with Crippen molar-refractivity contribution in [3.05, 3.63) is 11.6 Å². The summed E-state index contributed by atoms with van der Waals surface area (Å²) in [5.41, 5.74) is 3.72. The number of fused-ring (bicyclic) bond motifs is 5. The Balaban J connectivity index is 1.70. The van der Waals surface area contributed by atoms with Gasteiger partial charge in [-0.15, -0.1) is 0 Å². The van der Waals surface area contributed by atoms with E-state index in [1.807, 2.05) is 5.57 Å². The molecule has 0 aromatic rings. The van der Waals surface area contributed by atoms with Crippen LogP contribution in [0.1, 0.15) is 85.5 Å². The van der Waals surface area contributed by atoms with E-state index < -0.39 is 0 Å². The Morgan fingerprint density at radius 1 is 0.905 bits per heavy atom. The molecule has 0 radical (unpaired) electrons. The molecule has 0 nitrogen and oxygen atoms in total. The summed E-state index contributed by atoms with van der Waals surface area (Å²) in [7, 11) is 0. The minimum absolute atomic E-state index is 0.586. The van der Waals surface area contributed by atoms with Gasteiger partial charge in [0, 0.05) is 0 Å². The zero-order chi connectivity index (χ0) is 14.9. The third-order valence-corrected chi connectivity index (χ3v) is 8.54. The topological polar surface area (TPSA) is 0 Å². The fraction of sp³-hybridized carbons (Fsp3) is 0.905. The first kappa shape index (κ1) is 14.3. The lowest BCUT2D eigenvalue weighted by Gasteiger charge is -2.62. The zero-order valence-corrected chi connectivity index (χ0v) is 14.7. The SMILES string of the molecule is CC1(C)CCC[C@@]2(C)C1CC[C@H]1C3=CCC[C@@]3(C)CC[C@H]12. The van der Waals surface area contributed by atoms with Crippen LogP contribution in [0.4, 0.5) is 0 Å². The highest BCUT2D eigenvalue weighted by molar-refractivity contribution is 5.27. The molecule has 3 saturated carbocycles. The third-order valence-electron chi connectivity index (χ3n) is 8.54. The fourth-order valence-electron chi connectivity index (χ4n) is 7.52. The van der Waals surface area contributed by atoms with Gasteiger partial charge >= 0.3 is 0 Å². The minimum Gasteiger partial charge on any atom is -0.0845 e. The Labute approximate surface area is 131 Å². The largest absolute Gasteiger partial charge is 0.0845 e. The third kappa shape index (κ3) is 1.86. The molecule has 0 N–H and O–H groups in total. The quantitative estimate of drug-likeness (QED) is 0.454. The fourth-order valence-corrected chi connectivity index (χ4v) is 7.52. The zero-order valence-electron chi connectivity index (χ0n) is 14.7. The van der Waals surface area contributed by atoms with Gasteiger partial charge in [0.25, 0.3) is 0 Å². The minimum atomic E-state index is 0.586. The summed E-state index contributed by atoms with van der Waals surface area (Å²) in [5, 5.41) is 0. The number of allylic oxidation sites excluding steroid dienone is 2. The maximum atomic E-state index is 2.69. The molecule has 0 saturated heterocycles. The first-order valence-corrected chi connectivity index (χ1v) is 9.57. The summed E-state index contributed by atoms with van der Waals surface area (Å²) in [4.78, 5) is 0. The molecule has 0 spiro atoms. The van der Waals surface area contributed by atoms with Gasteiger partial charge in [0.1, 0.15) is 0 Å². The van der Waals surface area contributed by atoms with Crippen molar-refractivity contribution < 1.29 is 0 Å². The normalized spacial score (nSPS) is 51.6. The van der Waals surface area contributed by atoms with Crippen LogP contribution in [-0.2, 0) is 0 Å². The van der Waals surface area contributed by atoms with Gasteiger partial charge < -0.3 is 0 Å². The molecule has 0 aliphatic heterocycles. The predicted molar refractivity (Wildman–Crippen MR) is 90.1 cm³/mol. The lowest BCUT2D eigenvalue weighted by molar-refractivity contribution is -0.105. The van der Waals surface area contributed by atoms with E-state index in [9.17, 15) is 0 Å². The first-order chi connectivity index (χ1) is 9.87. The van der Waals surface area contributed by atoms with Gasteiger partial charge in [-0.2, -0.15) is 0 Å². The van der Waals surface area contributed by atoms with Crippen LogP contribution in [0.5, 0.6) is 0 Å². The Morgan fingerprint density at radius 2 is 1.71 bits per heavy atom. The molecule has 0 bridgehead atoms. The molecule has 4 aliphatic carbocycles. The van der Waals surface area contributed by atoms with Gasteiger partial charge in [-0.1, -0.05) is 45.8 Å². The van der Waals surface area contributed by atoms with Gasteiger partial charge in [-0.05, 0) is 85.4 Å². The van der Waals surface area contributed by atoms with E-state index in [4.69, 9.17) is 0 Å². The number of rotatable bonds is 0. The van der Waals surface area contributed by atoms with Crippen molar-refractivity contribution in [3.63, 3.8) is 0 Å². The predicted octanol–water partition coefficient (Wildman–Crippen LogP) is 6.37. The van der Waals surface area contributed by atoms with Crippen molar-refractivity contribution in [1.82, 2.24) is 0 Å². The average Bonchev–Trinajstić information content (AvgIpc) is 2.79. The van der Waals surface area contributed by atoms with Crippen LogP contribution in [0.3, 0.4) is 0 Å². The summed E-state index contributed by atoms with van der Waals surface area (Å²) in [5.74, 6) is 2.92. The van der Waals surface area contributed by atoms with Crippen LogP contribution < -0.4 is 0 Å². The molecule has 118 valence electrons. The smallest absolute Gasteiger partial charge is 0.0110 e. The molecule has 0 aromatic carbocycles. The highest BCUT2D eigenvalue weighted by Crippen LogP contribution is 2.67. The Kier molecular flexibility index (Phi) is 3.00. The van der Waals surface area contributed by atoms with Crippen molar-refractivity contribution in [2.45, 2.75) is 85.5 Å². The van der Waals surface area contributed by atoms with Crippen LogP contribution >= 0.6 is 0 Å². The summed E-state index contributed by atoms with van der Waals surface area (Å²) in [6.45, 7) is 10.4. The summed E-state index contributed by atoms with van der Waals surface area (Å²) >= 11 is 0. The van der Waals surface area contributed by atoms with Crippen LogP contribution in [0.2, 0.25) is 0 Å². The molecule has 1 unspecified atom stereocenters. The maximum Gasteiger partial charge on any atom is -0.0110 e. The highest BCUT2D eigenvalue weighted by atomic mass is 14.6. The second kappa shape index (κ2) is 4.39. The van der Waals surface area contributed by atoms with E-state index in [1.54, 1.807) is 0 Å². The maximum absolute atomic E-state index is 2.69. The van der Waals surface area contributed by atoms with Crippen LogP contribution in [-0.4, -0.2) is 0 Å². The lowest BCUT2D eigenvalue weighted by atomic mass is 9.43. The molecule has 4 rings (SSSR count). The molecule has 0 heteroatoms. The summed E-state index contributed by atoms with van der Waals surface area (Å²) < 4.78 is 0. The Bertz CT molecular complexity index is 470. The molecule has 5 atom stereocenters. The molecule has 3 fully saturated rings. The van der Waals surface area contributed by atoms with Crippen molar-refractivity contribution >= 4 is 0 Å². The van der Waals surface area contributed by atoms with E-state index in [0.717, 1.165) is 17.8 Å². The van der Waals surface area contributed by atoms with Gasteiger partial charge in [-0.3, -0.25) is 0 Å². The average molecular weight is 287 g/mol. The van der Waals surface area contributed by atoms with Crippen LogP contribution in [0, 0.1) is 34.0 Å². The monoisotopic (exact) mass is 286 g/mol. The number of hydrogen-bond donors (Lipinski definition) is 0. The Morgan fingerprint density at radius 3 is 2.52 bits per heavy atom.